The van der Waals surface area contributed by atoms with Crippen molar-refractivity contribution in [3.8, 4) is 0 Å². The fraction of sp³-hybridized carbons (Fsp3) is 0.818. The monoisotopic (exact) mass is 225 g/mol. The molecule has 90 valence electrons. The number of likely N-dealkylation sites (tertiary alicyclic amines) is 2. The molecule has 0 N–H and O–H groups in total. The van der Waals surface area contributed by atoms with Gasteiger partial charge in [0.25, 0.3) is 0 Å². The zero-order valence-corrected chi connectivity index (χ0v) is 10.1. The molecule has 0 spiro atoms. The number of carbonyl (C=O) groups excluding carboxylic acids is 2. The van der Waals surface area contributed by atoms with Crippen LogP contribution in [0.1, 0.15) is 0 Å². The average molecular weight is 225 g/mol. The molecule has 2 amide bonds. The molecular weight excluding hydrogens is 206 g/mol. The van der Waals surface area contributed by atoms with E-state index in [4.69, 9.17) is 0 Å². The Hall–Kier alpha value is -1.10. The molecule has 0 aromatic carbocycles. The summed E-state index contributed by atoms with van der Waals surface area (Å²) in [6, 6.07) is 0. The SMILES string of the molecule is CN1C[C@@H]2CN(C(=O)C(=O)N(C)C)C[C@@H]2C1. The van der Waals surface area contributed by atoms with Crippen LogP contribution in [0.25, 0.3) is 0 Å². The highest BCUT2D eigenvalue weighted by molar-refractivity contribution is 6.34. The Morgan fingerprint density at radius 3 is 2.00 bits per heavy atom. The zero-order valence-electron chi connectivity index (χ0n) is 10.1. The van der Waals surface area contributed by atoms with Crippen molar-refractivity contribution < 1.29 is 9.59 Å². The maximum absolute atomic E-state index is 11.8. The third-order valence-electron chi connectivity index (χ3n) is 3.55. The molecule has 0 bridgehead atoms. The van der Waals surface area contributed by atoms with Crippen LogP contribution in [0.15, 0.2) is 0 Å². The van der Waals surface area contributed by atoms with Crippen molar-refractivity contribution in [2.24, 2.45) is 11.8 Å². The molecule has 2 atom stereocenters. The molecular formula is C11H19N3O2. The maximum atomic E-state index is 11.8. The lowest BCUT2D eigenvalue weighted by Gasteiger charge is -2.20. The minimum atomic E-state index is -0.409. The first-order valence-electron chi connectivity index (χ1n) is 5.68. The van der Waals surface area contributed by atoms with Crippen LogP contribution < -0.4 is 0 Å². The molecule has 0 aromatic heterocycles. The third kappa shape index (κ3) is 1.91. The Morgan fingerprint density at radius 2 is 1.56 bits per heavy atom. The van der Waals surface area contributed by atoms with Crippen LogP contribution >= 0.6 is 0 Å². The lowest BCUT2D eigenvalue weighted by atomic mass is 10.0. The van der Waals surface area contributed by atoms with E-state index in [1.54, 1.807) is 19.0 Å². The molecule has 2 fully saturated rings. The van der Waals surface area contributed by atoms with Gasteiger partial charge in [0.05, 0.1) is 0 Å². The van der Waals surface area contributed by atoms with Crippen LogP contribution in [-0.4, -0.2) is 73.8 Å². The van der Waals surface area contributed by atoms with Gasteiger partial charge in [-0.25, -0.2) is 0 Å². The lowest BCUT2D eigenvalue weighted by molar-refractivity contribution is -0.149. The Bertz CT molecular complexity index is 302. The van der Waals surface area contributed by atoms with E-state index < -0.39 is 5.91 Å². The molecule has 5 nitrogen and oxygen atoms in total. The standard InChI is InChI=1S/C11H19N3O2/c1-12(2)10(15)11(16)14-6-8-4-13(3)5-9(8)7-14/h8-9H,4-7H2,1-3H3/t8-,9+. The van der Waals surface area contributed by atoms with Crippen LogP contribution in [0.3, 0.4) is 0 Å². The van der Waals surface area contributed by atoms with Gasteiger partial charge >= 0.3 is 11.8 Å². The van der Waals surface area contributed by atoms with Crippen LogP contribution in [0.5, 0.6) is 0 Å². The topological polar surface area (TPSA) is 43.9 Å². The third-order valence-corrected chi connectivity index (χ3v) is 3.55. The highest BCUT2D eigenvalue weighted by Gasteiger charge is 2.41. The molecule has 2 aliphatic heterocycles. The minimum absolute atomic E-state index is 0.345. The molecule has 2 heterocycles. The summed E-state index contributed by atoms with van der Waals surface area (Å²) in [4.78, 5) is 28.7. The lowest BCUT2D eigenvalue weighted by Crippen LogP contribution is -2.42. The van der Waals surface area contributed by atoms with E-state index in [1.165, 1.54) is 4.90 Å². The van der Waals surface area contributed by atoms with Crippen LogP contribution in [0.2, 0.25) is 0 Å². The minimum Gasteiger partial charge on any atom is -0.341 e. The summed E-state index contributed by atoms with van der Waals surface area (Å²) in [5.74, 6) is 0.364. The molecule has 5 heteroatoms. The first kappa shape index (κ1) is 11.4. The number of nitrogens with zero attached hydrogens (tertiary/aromatic N) is 3. The predicted octanol–water partition coefficient (Wildman–Crippen LogP) is -0.905. The van der Waals surface area contributed by atoms with Gasteiger partial charge in [-0.1, -0.05) is 0 Å². The van der Waals surface area contributed by atoms with Gasteiger partial charge in [-0.15, -0.1) is 0 Å². The van der Waals surface area contributed by atoms with Crippen molar-refractivity contribution in [3.63, 3.8) is 0 Å². The van der Waals surface area contributed by atoms with Gasteiger partial charge in [-0.3, -0.25) is 9.59 Å². The second-order valence-electron chi connectivity index (χ2n) is 5.15. The van der Waals surface area contributed by atoms with E-state index in [2.05, 4.69) is 11.9 Å². The van der Waals surface area contributed by atoms with E-state index in [-0.39, 0.29) is 5.91 Å². The predicted molar refractivity (Wildman–Crippen MR) is 59.8 cm³/mol. The summed E-state index contributed by atoms with van der Waals surface area (Å²) in [7, 11) is 5.34. The maximum Gasteiger partial charge on any atom is 0.312 e. The molecule has 2 rings (SSSR count). The number of hydrogen-bond acceptors (Lipinski definition) is 3. The first-order valence-corrected chi connectivity index (χ1v) is 5.68. The van der Waals surface area contributed by atoms with Crippen LogP contribution in [-0.2, 0) is 9.59 Å². The number of amides is 2. The van der Waals surface area contributed by atoms with Gasteiger partial charge < -0.3 is 14.7 Å². The van der Waals surface area contributed by atoms with Gasteiger partial charge in [0.15, 0.2) is 0 Å². The van der Waals surface area contributed by atoms with Crippen molar-refractivity contribution in [1.82, 2.24) is 14.7 Å². The molecule has 16 heavy (non-hydrogen) atoms. The number of hydrogen-bond donors (Lipinski definition) is 0. The Balaban J connectivity index is 1.95. The quantitative estimate of drug-likeness (QED) is 0.502. The van der Waals surface area contributed by atoms with E-state index in [1.807, 2.05) is 0 Å². The smallest absolute Gasteiger partial charge is 0.312 e. The van der Waals surface area contributed by atoms with Crippen molar-refractivity contribution in [2.75, 3.05) is 47.3 Å². The van der Waals surface area contributed by atoms with E-state index in [0.29, 0.717) is 11.8 Å². The van der Waals surface area contributed by atoms with Gasteiger partial charge in [-0.05, 0) is 18.9 Å². The molecule has 0 aliphatic carbocycles. The summed E-state index contributed by atoms with van der Waals surface area (Å²) in [6.45, 7) is 3.58. The summed E-state index contributed by atoms with van der Waals surface area (Å²) < 4.78 is 0. The molecule has 0 radical (unpaired) electrons. The highest BCUT2D eigenvalue weighted by atomic mass is 16.2. The number of fused-ring (bicyclic) bond motifs is 1. The summed E-state index contributed by atoms with van der Waals surface area (Å²) in [5, 5.41) is 0. The molecule has 2 saturated heterocycles. The van der Waals surface area contributed by atoms with Crippen molar-refractivity contribution >= 4 is 11.8 Å². The number of carbonyl (C=O) groups is 2. The Kier molecular flexibility index (Phi) is 2.88. The van der Waals surface area contributed by atoms with Crippen molar-refractivity contribution in [1.29, 1.82) is 0 Å². The first-order chi connectivity index (χ1) is 7.49. The number of likely N-dealkylation sites (N-methyl/N-ethyl adjacent to an activating group) is 1. The van der Waals surface area contributed by atoms with E-state index in [0.717, 1.165) is 26.2 Å². The Labute approximate surface area is 96.0 Å². The largest absolute Gasteiger partial charge is 0.341 e. The van der Waals surface area contributed by atoms with Gasteiger partial charge in [0, 0.05) is 40.3 Å². The van der Waals surface area contributed by atoms with E-state index in [9.17, 15) is 9.59 Å². The van der Waals surface area contributed by atoms with Crippen LogP contribution in [0.4, 0.5) is 0 Å². The molecule has 0 saturated carbocycles. The van der Waals surface area contributed by atoms with E-state index >= 15 is 0 Å². The second-order valence-corrected chi connectivity index (χ2v) is 5.15. The summed E-state index contributed by atoms with van der Waals surface area (Å²) in [5.41, 5.74) is 0. The average Bonchev–Trinajstić information content (AvgIpc) is 2.71. The van der Waals surface area contributed by atoms with Crippen LogP contribution in [0, 0.1) is 11.8 Å². The fourth-order valence-corrected chi connectivity index (χ4v) is 2.72. The van der Waals surface area contributed by atoms with Gasteiger partial charge in [-0.2, -0.15) is 0 Å². The molecule has 2 aliphatic rings. The zero-order chi connectivity index (χ0) is 11.9. The number of rotatable bonds is 0. The summed E-state index contributed by atoms with van der Waals surface area (Å²) >= 11 is 0. The fourth-order valence-electron chi connectivity index (χ4n) is 2.72. The molecule has 0 unspecified atom stereocenters. The molecule has 0 aromatic rings. The van der Waals surface area contributed by atoms with Crippen molar-refractivity contribution in [2.45, 2.75) is 0 Å². The van der Waals surface area contributed by atoms with Gasteiger partial charge in [0.1, 0.15) is 0 Å². The highest BCUT2D eigenvalue weighted by Crippen LogP contribution is 2.30. The van der Waals surface area contributed by atoms with Crippen molar-refractivity contribution in [3.05, 3.63) is 0 Å². The van der Waals surface area contributed by atoms with Gasteiger partial charge in [0.2, 0.25) is 0 Å². The second kappa shape index (κ2) is 4.05. The normalized spacial score (nSPS) is 29.3. The summed E-state index contributed by atoms with van der Waals surface area (Å²) in [6.07, 6.45) is 0. The Morgan fingerprint density at radius 1 is 1.06 bits per heavy atom.